The molecule has 0 spiro atoms. The first-order valence-corrected chi connectivity index (χ1v) is 10.3. The number of hydrazone groups is 1. The minimum absolute atomic E-state index is 0.0924. The number of nitrogens with one attached hydrogen (secondary N) is 1. The summed E-state index contributed by atoms with van der Waals surface area (Å²) in [4.78, 5) is 12.2. The van der Waals surface area contributed by atoms with Gasteiger partial charge in [0.05, 0.1) is 29.6 Å². The molecule has 160 valence electrons. The van der Waals surface area contributed by atoms with Gasteiger partial charge in [-0.25, -0.2) is 5.43 Å². The molecule has 7 nitrogen and oxygen atoms in total. The zero-order valence-corrected chi connectivity index (χ0v) is 19.1. The van der Waals surface area contributed by atoms with Crippen LogP contribution >= 0.6 is 22.6 Å². The van der Waals surface area contributed by atoms with E-state index in [2.05, 4.69) is 33.1 Å². The highest BCUT2D eigenvalue weighted by atomic mass is 127. The van der Waals surface area contributed by atoms with E-state index in [1.54, 1.807) is 19.2 Å². The van der Waals surface area contributed by atoms with Crippen molar-refractivity contribution in [2.75, 3.05) is 14.2 Å². The largest absolute Gasteiger partial charge is 0.507 e. The van der Waals surface area contributed by atoms with Gasteiger partial charge in [0.25, 0.3) is 5.91 Å². The topological polar surface area (TPSA) is 89.4 Å². The fourth-order valence-corrected chi connectivity index (χ4v) is 3.52. The number of phenolic OH excluding ortho intramolecular Hbond substituents is 1. The van der Waals surface area contributed by atoms with Crippen LogP contribution in [0.3, 0.4) is 0 Å². The summed E-state index contributed by atoms with van der Waals surface area (Å²) in [6.45, 7) is 0.419. The van der Waals surface area contributed by atoms with Crippen molar-refractivity contribution in [1.82, 2.24) is 5.43 Å². The van der Waals surface area contributed by atoms with Crippen LogP contribution in [0.5, 0.6) is 23.0 Å². The van der Waals surface area contributed by atoms with Crippen LogP contribution in [0.25, 0.3) is 0 Å². The van der Waals surface area contributed by atoms with Crippen molar-refractivity contribution in [2.45, 2.75) is 6.61 Å². The number of carbonyl (C=O) groups is 1. The van der Waals surface area contributed by atoms with Crippen LogP contribution in [0.15, 0.2) is 65.8 Å². The van der Waals surface area contributed by atoms with Crippen molar-refractivity contribution >= 4 is 34.7 Å². The molecule has 0 bridgehead atoms. The lowest BCUT2D eigenvalue weighted by Gasteiger charge is -2.13. The van der Waals surface area contributed by atoms with Crippen LogP contribution in [0.1, 0.15) is 21.5 Å². The Labute approximate surface area is 193 Å². The number of halogens is 1. The molecule has 3 rings (SSSR count). The minimum Gasteiger partial charge on any atom is -0.507 e. The van der Waals surface area contributed by atoms with Crippen LogP contribution in [-0.4, -0.2) is 31.4 Å². The van der Waals surface area contributed by atoms with Gasteiger partial charge in [0.1, 0.15) is 18.1 Å². The summed E-state index contributed by atoms with van der Waals surface area (Å²) in [5.74, 6) is 0.914. The van der Waals surface area contributed by atoms with Gasteiger partial charge < -0.3 is 19.3 Å². The number of benzene rings is 3. The molecule has 0 atom stereocenters. The minimum atomic E-state index is -0.541. The number of rotatable bonds is 8. The third kappa shape index (κ3) is 5.88. The molecular weight excluding hydrogens is 511 g/mol. The Morgan fingerprint density at radius 1 is 1.10 bits per heavy atom. The lowest BCUT2D eigenvalue weighted by atomic mass is 10.2. The van der Waals surface area contributed by atoms with Gasteiger partial charge in [-0.2, -0.15) is 5.10 Å². The van der Waals surface area contributed by atoms with Crippen molar-refractivity contribution in [1.29, 1.82) is 0 Å². The number of amides is 1. The SMILES string of the molecule is COc1ccc(C(=O)N/N=C\c2cc(I)c(OCc3ccccc3)c(OC)c2)c(O)c1. The number of hydrogen-bond donors (Lipinski definition) is 2. The monoisotopic (exact) mass is 532 g/mol. The van der Waals surface area contributed by atoms with Crippen LogP contribution in [0, 0.1) is 3.57 Å². The molecule has 8 heteroatoms. The Morgan fingerprint density at radius 2 is 1.87 bits per heavy atom. The second-order valence-corrected chi connectivity index (χ2v) is 7.55. The highest BCUT2D eigenvalue weighted by Gasteiger charge is 2.13. The van der Waals surface area contributed by atoms with Gasteiger partial charge in [-0.15, -0.1) is 0 Å². The van der Waals surface area contributed by atoms with E-state index in [-0.39, 0.29) is 11.3 Å². The van der Waals surface area contributed by atoms with Gasteiger partial charge in [-0.05, 0) is 58.0 Å². The standard InChI is InChI=1S/C23H21IN2O5/c1-29-17-8-9-18(20(27)12-17)23(28)26-25-13-16-10-19(24)22(21(11-16)30-2)31-14-15-6-4-3-5-7-15/h3-13,27H,14H2,1-2H3,(H,26,28)/b25-13-. The lowest BCUT2D eigenvalue weighted by Crippen LogP contribution is -2.17. The smallest absolute Gasteiger partial charge is 0.275 e. The third-order valence-corrected chi connectivity index (χ3v) is 5.11. The van der Waals surface area contributed by atoms with Crippen LogP contribution in [-0.2, 0) is 6.61 Å². The Hall–Kier alpha value is -3.27. The van der Waals surface area contributed by atoms with Crippen molar-refractivity contribution in [2.24, 2.45) is 5.10 Å². The first kappa shape index (κ1) is 22.4. The fourth-order valence-electron chi connectivity index (χ4n) is 2.74. The Kier molecular flexibility index (Phi) is 7.71. The average Bonchev–Trinajstić information content (AvgIpc) is 2.78. The number of nitrogens with zero attached hydrogens (tertiary/aromatic N) is 1. The molecule has 0 aliphatic rings. The number of hydrogen-bond acceptors (Lipinski definition) is 6. The van der Waals surface area contributed by atoms with E-state index in [0.717, 1.165) is 9.13 Å². The normalized spacial score (nSPS) is 10.7. The summed E-state index contributed by atoms with van der Waals surface area (Å²) >= 11 is 2.16. The summed E-state index contributed by atoms with van der Waals surface area (Å²) in [7, 11) is 3.04. The van der Waals surface area contributed by atoms with E-state index in [9.17, 15) is 9.90 Å². The maximum Gasteiger partial charge on any atom is 0.275 e. The molecule has 0 heterocycles. The van der Waals surface area contributed by atoms with Crippen molar-refractivity contribution in [3.8, 4) is 23.0 Å². The van der Waals surface area contributed by atoms with Crippen LogP contribution < -0.4 is 19.6 Å². The van der Waals surface area contributed by atoms with Crippen molar-refractivity contribution in [3.05, 3.63) is 80.9 Å². The van der Waals surface area contributed by atoms with E-state index in [0.29, 0.717) is 29.4 Å². The molecule has 0 aliphatic heterocycles. The molecule has 0 aromatic heterocycles. The number of methoxy groups -OCH3 is 2. The summed E-state index contributed by atoms with van der Waals surface area (Å²) in [6.07, 6.45) is 1.49. The third-order valence-electron chi connectivity index (χ3n) is 4.31. The van der Waals surface area contributed by atoms with E-state index >= 15 is 0 Å². The van der Waals surface area contributed by atoms with Gasteiger partial charge in [0.2, 0.25) is 0 Å². The van der Waals surface area contributed by atoms with Gasteiger partial charge in [-0.1, -0.05) is 30.3 Å². The van der Waals surface area contributed by atoms with Gasteiger partial charge in [-0.3, -0.25) is 4.79 Å². The summed E-state index contributed by atoms with van der Waals surface area (Å²) in [6, 6.07) is 17.9. The molecule has 1 amide bonds. The molecule has 3 aromatic rings. The molecule has 0 aliphatic carbocycles. The Bertz CT molecular complexity index is 1090. The summed E-state index contributed by atoms with van der Waals surface area (Å²) in [5.41, 5.74) is 4.26. The maximum absolute atomic E-state index is 12.2. The molecular formula is C23H21IN2O5. The van der Waals surface area contributed by atoms with E-state index in [4.69, 9.17) is 14.2 Å². The van der Waals surface area contributed by atoms with E-state index in [1.165, 1.54) is 25.5 Å². The highest BCUT2D eigenvalue weighted by molar-refractivity contribution is 14.1. The van der Waals surface area contributed by atoms with Crippen molar-refractivity contribution < 1.29 is 24.1 Å². The maximum atomic E-state index is 12.2. The number of aromatic hydroxyl groups is 1. The second kappa shape index (κ2) is 10.7. The predicted molar refractivity (Wildman–Crippen MR) is 126 cm³/mol. The van der Waals surface area contributed by atoms with E-state index < -0.39 is 5.91 Å². The lowest BCUT2D eigenvalue weighted by molar-refractivity contribution is 0.0952. The molecule has 0 saturated heterocycles. The molecule has 31 heavy (non-hydrogen) atoms. The number of phenols is 1. The average molecular weight is 532 g/mol. The zero-order chi connectivity index (χ0) is 22.2. The quantitative estimate of drug-likeness (QED) is 0.256. The van der Waals surface area contributed by atoms with Gasteiger partial charge in [0.15, 0.2) is 11.5 Å². The first-order chi connectivity index (χ1) is 15.0. The summed E-state index contributed by atoms with van der Waals surface area (Å²) < 4.78 is 17.3. The first-order valence-electron chi connectivity index (χ1n) is 9.26. The highest BCUT2D eigenvalue weighted by Crippen LogP contribution is 2.34. The fraction of sp³-hybridized carbons (Fsp3) is 0.130. The number of ether oxygens (including phenoxy) is 3. The second-order valence-electron chi connectivity index (χ2n) is 6.39. The summed E-state index contributed by atoms with van der Waals surface area (Å²) in [5, 5.41) is 13.9. The van der Waals surface area contributed by atoms with Gasteiger partial charge in [0, 0.05) is 6.07 Å². The number of carbonyl (C=O) groups excluding carboxylic acids is 1. The Balaban J connectivity index is 1.69. The van der Waals surface area contributed by atoms with Crippen LogP contribution in [0.4, 0.5) is 0 Å². The predicted octanol–water partition coefficient (Wildman–Crippen LogP) is 4.36. The Morgan fingerprint density at radius 3 is 2.55 bits per heavy atom. The molecule has 0 unspecified atom stereocenters. The molecule has 0 saturated carbocycles. The van der Waals surface area contributed by atoms with Crippen LogP contribution in [0.2, 0.25) is 0 Å². The van der Waals surface area contributed by atoms with Gasteiger partial charge >= 0.3 is 0 Å². The van der Waals surface area contributed by atoms with E-state index in [1.807, 2.05) is 36.4 Å². The molecule has 0 radical (unpaired) electrons. The molecule has 0 fully saturated rings. The molecule has 2 N–H and O–H groups in total. The molecule has 3 aromatic carbocycles. The zero-order valence-electron chi connectivity index (χ0n) is 17.0. The van der Waals surface area contributed by atoms with Crippen molar-refractivity contribution in [3.63, 3.8) is 0 Å².